The lowest BCUT2D eigenvalue weighted by Crippen LogP contribution is -1.91. The molecule has 0 heteroatoms. The Hall–Kier alpha value is -1.56. The zero-order valence-corrected chi connectivity index (χ0v) is 15.2. The van der Waals surface area contributed by atoms with E-state index in [0.29, 0.717) is 0 Å². The Morgan fingerprint density at radius 3 is 1.41 bits per heavy atom. The van der Waals surface area contributed by atoms with Crippen LogP contribution in [0.5, 0.6) is 0 Å². The molecule has 2 rings (SSSR count). The van der Waals surface area contributed by atoms with Gasteiger partial charge in [0.1, 0.15) is 0 Å². The third kappa shape index (κ3) is 12.2. The van der Waals surface area contributed by atoms with Gasteiger partial charge in [-0.15, -0.1) is 0 Å². The van der Waals surface area contributed by atoms with Crippen molar-refractivity contribution in [3.63, 3.8) is 0 Å². The van der Waals surface area contributed by atoms with Gasteiger partial charge in [-0.2, -0.15) is 0 Å². The largest absolute Gasteiger partial charge is 0.0656 e. The van der Waals surface area contributed by atoms with Crippen molar-refractivity contribution >= 4 is 0 Å². The minimum atomic E-state index is 0.815. The average molecular weight is 299 g/mol. The molecule has 0 unspecified atom stereocenters. The van der Waals surface area contributed by atoms with E-state index in [9.17, 15) is 0 Å². The Kier molecular flexibility index (Phi) is 13.4. The molecule has 2 aromatic rings. The Balaban J connectivity index is 0.000000352. The van der Waals surface area contributed by atoms with Crippen LogP contribution in [0.2, 0.25) is 0 Å². The van der Waals surface area contributed by atoms with Gasteiger partial charge in [-0.05, 0) is 36.3 Å². The summed E-state index contributed by atoms with van der Waals surface area (Å²) in [6.45, 7) is 10.9. The van der Waals surface area contributed by atoms with Gasteiger partial charge in [0.25, 0.3) is 0 Å². The Labute approximate surface area is 138 Å². The van der Waals surface area contributed by atoms with E-state index in [1.54, 1.807) is 0 Å². The van der Waals surface area contributed by atoms with E-state index < -0.39 is 0 Å². The molecule has 0 saturated carbocycles. The van der Waals surface area contributed by atoms with E-state index in [0.717, 1.165) is 12.3 Å². The molecule has 2 aromatic carbocycles. The SMILES string of the molecule is CC(C)CCc1ccccc1.CCC.CCc1ccccc1. The summed E-state index contributed by atoms with van der Waals surface area (Å²) in [5.41, 5.74) is 2.87. The van der Waals surface area contributed by atoms with E-state index >= 15 is 0 Å². The quantitative estimate of drug-likeness (QED) is 0.573. The molecule has 0 bridgehead atoms. The monoisotopic (exact) mass is 298 g/mol. The van der Waals surface area contributed by atoms with E-state index in [1.807, 2.05) is 6.07 Å². The zero-order chi connectivity index (χ0) is 16.6. The first-order valence-electron chi connectivity index (χ1n) is 8.71. The first-order valence-corrected chi connectivity index (χ1v) is 8.71. The average Bonchev–Trinajstić information content (AvgIpc) is 2.56. The Bertz CT molecular complexity index is 428. The van der Waals surface area contributed by atoms with Crippen LogP contribution in [0.25, 0.3) is 0 Å². The van der Waals surface area contributed by atoms with Crippen LogP contribution in [0, 0.1) is 5.92 Å². The summed E-state index contributed by atoms with van der Waals surface area (Å²) in [7, 11) is 0. The molecule has 0 amide bonds. The molecular formula is C22H34. The van der Waals surface area contributed by atoms with Crippen LogP contribution in [0.15, 0.2) is 60.7 Å². The molecule has 0 nitrogen and oxygen atoms in total. The second-order valence-corrected chi connectivity index (χ2v) is 5.96. The molecule has 0 aliphatic rings. The van der Waals surface area contributed by atoms with Crippen molar-refractivity contribution in [1.82, 2.24) is 0 Å². The van der Waals surface area contributed by atoms with Crippen molar-refractivity contribution in [1.29, 1.82) is 0 Å². The van der Waals surface area contributed by atoms with Gasteiger partial charge < -0.3 is 0 Å². The maximum absolute atomic E-state index is 2.27. The minimum Gasteiger partial charge on any atom is -0.0656 e. The van der Waals surface area contributed by atoms with Gasteiger partial charge in [0.15, 0.2) is 0 Å². The topological polar surface area (TPSA) is 0 Å². The van der Waals surface area contributed by atoms with Gasteiger partial charge in [-0.3, -0.25) is 0 Å². The third-order valence-electron chi connectivity index (χ3n) is 3.10. The van der Waals surface area contributed by atoms with Crippen molar-refractivity contribution < 1.29 is 0 Å². The first-order chi connectivity index (χ1) is 10.6. The van der Waals surface area contributed by atoms with E-state index in [4.69, 9.17) is 0 Å². The molecule has 0 saturated heterocycles. The molecule has 122 valence electrons. The summed E-state index contributed by atoms with van der Waals surface area (Å²) in [6.07, 6.45) is 4.91. The molecule has 0 N–H and O–H groups in total. The molecule has 0 spiro atoms. The summed E-state index contributed by atoms with van der Waals surface area (Å²) in [4.78, 5) is 0. The van der Waals surface area contributed by atoms with Gasteiger partial charge in [-0.1, -0.05) is 102 Å². The van der Waals surface area contributed by atoms with Crippen molar-refractivity contribution in [2.75, 3.05) is 0 Å². The van der Waals surface area contributed by atoms with Gasteiger partial charge >= 0.3 is 0 Å². The summed E-state index contributed by atoms with van der Waals surface area (Å²) in [5.74, 6) is 0.815. The zero-order valence-electron chi connectivity index (χ0n) is 15.2. The van der Waals surface area contributed by atoms with Crippen LogP contribution < -0.4 is 0 Å². The Morgan fingerprint density at radius 1 is 0.682 bits per heavy atom. The molecule has 0 aromatic heterocycles. The highest BCUT2D eigenvalue weighted by molar-refractivity contribution is 5.14. The van der Waals surface area contributed by atoms with E-state index in [1.165, 1.54) is 30.4 Å². The van der Waals surface area contributed by atoms with E-state index in [-0.39, 0.29) is 0 Å². The predicted molar refractivity (Wildman–Crippen MR) is 101 cm³/mol. The normalized spacial score (nSPS) is 9.36. The molecule has 22 heavy (non-hydrogen) atoms. The van der Waals surface area contributed by atoms with Crippen molar-refractivity contribution in [2.24, 2.45) is 5.92 Å². The highest BCUT2D eigenvalue weighted by Gasteiger charge is 1.94. The van der Waals surface area contributed by atoms with Gasteiger partial charge in [0.05, 0.1) is 0 Å². The molecule has 0 fully saturated rings. The Morgan fingerprint density at radius 2 is 1.09 bits per heavy atom. The fourth-order valence-electron chi connectivity index (χ4n) is 1.81. The molecule has 0 heterocycles. The summed E-state index contributed by atoms with van der Waals surface area (Å²) in [5, 5.41) is 0. The maximum atomic E-state index is 2.27. The van der Waals surface area contributed by atoms with Crippen LogP contribution in [-0.4, -0.2) is 0 Å². The van der Waals surface area contributed by atoms with Gasteiger partial charge in [-0.25, -0.2) is 0 Å². The smallest absolute Gasteiger partial charge is 0.0276 e. The summed E-state index contributed by atoms with van der Waals surface area (Å²) < 4.78 is 0. The number of rotatable bonds is 4. The third-order valence-corrected chi connectivity index (χ3v) is 3.10. The molecule has 0 aliphatic heterocycles. The second-order valence-electron chi connectivity index (χ2n) is 5.96. The van der Waals surface area contributed by atoms with Crippen molar-refractivity contribution in [3.05, 3.63) is 71.8 Å². The molecule has 0 aliphatic carbocycles. The number of hydrogen-bond donors (Lipinski definition) is 0. The van der Waals surface area contributed by atoms with Crippen LogP contribution in [0.1, 0.15) is 58.6 Å². The van der Waals surface area contributed by atoms with Crippen LogP contribution >= 0.6 is 0 Å². The molecular weight excluding hydrogens is 264 g/mol. The second kappa shape index (κ2) is 14.4. The van der Waals surface area contributed by atoms with Gasteiger partial charge in [0, 0.05) is 0 Å². The lowest BCUT2D eigenvalue weighted by molar-refractivity contribution is 0.587. The molecule has 0 radical (unpaired) electrons. The fourth-order valence-corrected chi connectivity index (χ4v) is 1.81. The van der Waals surface area contributed by atoms with E-state index in [2.05, 4.69) is 89.2 Å². The highest BCUT2D eigenvalue weighted by atomic mass is 14.0. The fraction of sp³-hybridized carbons (Fsp3) is 0.455. The lowest BCUT2D eigenvalue weighted by atomic mass is 10.0. The standard InChI is InChI=1S/C11H16.C8H10.C3H8/c1-10(2)8-9-11-6-4-3-5-7-11;1-2-8-6-4-3-5-7-8;1-3-2/h3-7,10H,8-9H2,1-2H3;3-7H,2H2,1H3;3H2,1-2H3. The maximum Gasteiger partial charge on any atom is -0.0276 e. The number of benzene rings is 2. The predicted octanol–water partition coefficient (Wildman–Crippen LogP) is 6.94. The van der Waals surface area contributed by atoms with Gasteiger partial charge in [0.2, 0.25) is 0 Å². The summed E-state index contributed by atoms with van der Waals surface area (Å²) in [6, 6.07) is 21.1. The van der Waals surface area contributed by atoms with Crippen LogP contribution in [0.3, 0.4) is 0 Å². The van der Waals surface area contributed by atoms with Crippen LogP contribution in [0.4, 0.5) is 0 Å². The summed E-state index contributed by atoms with van der Waals surface area (Å²) >= 11 is 0. The number of hydrogen-bond acceptors (Lipinski definition) is 0. The molecule has 0 atom stereocenters. The highest BCUT2D eigenvalue weighted by Crippen LogP contribution is 2.07. The lowest BCUT2D eigenvalue weighted by Gasteiger charge is -2.03. The number of aryl methyl sites for hydroxylation is 2. The van der Waals surface area contributed by atoms with Crippen LogP contribution in [-0.2, 0) is 12.8 Å². The van der Waals surface area contributed by atoms with Crippen molar-refractivity contribution in [3.8, 4) is 0 Å². The van der Waals surface area contributed by atoms with Crippen molar-refractivity contribution in [2.45, 2.75) is 60.3 Å². The first kappa shape index (κ1) is 20.4. The minimum absolute atomic E-state index is 0.815.